The zero-order chi connectivity index (χ0) is 11.3. The van der Waals surface area contributed by atoms with Gasteiger partial charge in [0.25, 0.3) is 0 Å². The van der Waals surface area contributed by atoms with E-state index in [0.29, 0.717) is 12.2 Å². The van der Waals surface area contributed by atoms with E-state index in [1.807, 2.05) is 0 Å². The highest BCUT2D eigenvalue weighted by molar-refractivity contribution is 5.81. The van der Waals surface area contributed by atoms with E-state index < -0.39 is 11.5 Å². The van der Waals surface area contributed by atoms with Crippen molar-refractivity contribution in [3.63, 3.8) is 0 Å². The number of nitrogens with two attached hydrogens (primary N) is 1. The van der Waals surface area contributed by atoms with Gasteiger partial charge in [-0.3, -0.25) is 10.8 Å². The third-order valence-electron chi connectivity index (χ3n) is 2.21. The van der Waals surface area contributed by atoms with Crippen molar-refractivity contribution in [2.45, 2.75) is 19.4 Å². The minimum Gasteiger partial charge on any atom is -0.464 e. The molecule has 0 bridgehead atoms. The Kier molecular flexibility index (Phi) is 3.76. The first kappa shape index (κ1) is 11.6. The van der Waals surface area contributed by atoms with Crippen LogP contribution in [-0.2, 0) is 15.1 Å². The SMILES string of the molecule is CCOC(=O)C(C)(NN)c1cccnc1. The fraction of sp³-hybridized carbons (Fsp3) is 0.400. The third-order valence-corrected chi connectivity index (χ3v) is 2.21. The molecule has 0 aliphatic carbocycles. The van der Waals surface area contributed by atoms with Gasteiger partial charge >= 0.3 is 5.97 Å². The van der Waals surface area contributed by atoms with Gasteiger partial charge in [0.2, 0.25) is 0 Å². The van der Waals surface area contributed by atoms with Crippen LogP contribution in [0.3, 0.4) is 0 Å². The molecular formula is C10H15N3O2. The Balaban J connectivity index is 3.00. The summed E-state index contributed by atoms with van der Waals surface area (Å²) in [7, 11) is 0. The van der Waals surface area contributed by atoms with E-state index in [1.54, 1.807) is 38.4 Å². The summed E-state index contributed by atoms with van der Waals surface area (Å²) in [5.41, 5.74) is 2.09. The van der Waals surface area contributed by atoms with Crippen LogP contribution in [0, 0.1) is 0 Å². The van der Waals surface area contributed by atoms with E-state index in [9.17, 15) is 4.79 Å². The first-order valence-corrected chi connectivity index (χ1v) is 4.70. The summed E-state index contributed by atoms with van der Waals surface area (Å²) < 4.78 is 4.94. The highest BCUT2D eigenvalue weighted by Gasteiger charge is 2.35. The van der Waals surface area contributed by atoms with E-state index in [-0.39, 0.29) is 0 Å². The van der Waals surface area contributed by atoms with Gasteiger partial charge in [0.15, 0.2) is 5.54 Å². The van der Waals surface area contributed by atoms with Crippen LogP contribution in [-0.4, -0.2) is 17.6 Å². The maximum Gasteiger partial charge on any atom is 0.332 e. The number of hydrogen-bond acceptors (Lipinski definition) is 5. The molecule has 0 aliphatic rings. The van der Waals surface area contributed by atoms with Gasteiger partial charge in [-0.05, 0) is 19.9 Å². The smallest absolute Gasteiger partial charge is 0.332 e. The van der Waals surface area contributed by atoms with E-state index in [0.717, 1.165) is 0 Å². The maximum absolute atomic E-state index is 11.7. The Morgan fingerprint density at radius 3 is 2.93 bits per heavy atom. The summed E-state index contributed by atoms with van der Waals surface area (Å²) in [6.07, 6.45) is 3.21. The first-order valence-electron chi connectivity index (χ1n) is 4.70. The Morgan fingerprint density at radius 1 is 1.73 bits per heavy atom. The summed E-state index contributed by atoms with van der Waals surface area (Å²) >= 11 is 0. The zero-order valence-corrected chi connectivity index (χ0v) is 8.86. The second-order valence-electron chi connectivity index (χ2n) is 3.23. The van der Waals surface area contributed by atoms with Crippen molar-refractivity contribution in [1.29, 1.82) is 0 Å². The summed E-state index contributed by atoms with van der Waals surface area (Å²) in [6, 6.07) is 3.51. The van der Waals surface area contributed by atoms with Crippen molar-refractivity contribution in [3.8, 4) is 0 Å². The second-order valence-corrected chi connectivity index (χ2v) is 3.23. The monoisotopic (exact) mass is 209 g/mol. The van der Waals surface area contributed by atoms with Gasteiger partial charge in [-0.1, -0.05) is 6.07 Å². The van der Waals surface area contributed by atoms with Crippen LogP contribution in [0.15, 0.2) is 24.5 Å². The number of ether oxygens (including phenoxy) is 1. The van der Waals surface area contributed by atoms with Crippen molar-refractivity contribution >= 4 is 5.97 Å². The van der Waals surface area contributed by atoms with Gasteiger partial charge in [0.1, 0.15) is 0 Å². The number of nitrogens with zero attached hydrogens (tertiary/aromatic N) is 1. The van der Waals surface area contributed by atoms with Crippen LogP contribution in [0.5, 0.6) is 0 Å². The van der Waals surface area contributed by atoms with Gasteiger partial charge < -0.3 is 4.74 Å². The van der Waals surface area contributed by atoms with E-state index in [4.69, 9.17) is 10.6 Å². The molecule has 15 heavy (non-hydrogen) atoms. The minimum atomic E-state index is -1.05. The predicted molar refractivity (Wildman–Crippen MR) is 55.5 cm³/mol. The average molecular weight is 209 g/mol. The van der Waals surface area contributed by atoms with Crippen LogP contribution >= 0.6 is 0 Å². The van der Waals surface area contributed by atoms with Crippen molar-refractivity contribution < 1.29 is 9.53 Å². The normalized spacial score (nSPS) is 14.3. The second kappa shape index (κ2) is 4.86. The van der Waals surface area contributed by atoms with Crippen LogP contribution in [0.25, 0.3) is 0 Å². The number of nitrogens with one attached hydrogen (secondary N) is 1. The Bertz CT molecular complexity index is 329. The standard InChI is InChI=1S/C10H15N3O2/c1-3-15-9(14)10(2,13-11)8-5-4-6-12-7-8/h4-7,13H,3,11H2,1-2H3. The van der Waals surface area contributed by atoms with Crippen molar-refractivity contribution in [3.05, 3.63) is 30.1 Å². The molecule has 0 radical (unpaired) electrons. The maximum atomic E-state index is 11.7. The fourth-order valence-corrected chi connectivity index (χ4v) is 1.19. The number of pyridine rings is 1. The molecule has 0 aromatic carbocycles. The summed E-state index contributed by atoms with van der Waals surface area (Å²) in [5.74, 6) is 4.98. The molecule has 0 fully saturated rings. The Labute approximate surface area is 88.6 Å². The summed E-state index contributed by atoms with van der Waals surface area (Å²) in [5, 5.41) is 0. The van der Waals surface area contributed by atoms with Crippen molar-refractivity contribution in [1.82, 2.24) is 10.4 Å². The quantitative estimate of drug-likeness (QED) is 0.424. The Hall–Kier alpha value is -1.46. The van der Waals surface area contributed by atoms with Crippen molar-refractivity contribution in [2.24, 2.45) is 5.84 Å². The Morgan fingerprint density at radius 2 is 2.47 bits per heavy atom. The molecular weight excluding hydrogens is 194 g/mol. The zero-order valence-electron chi connectivity index (χ0n) is 8.86. The predicted octanol–water partition coefficient (Wildman–Crippen LogP) is 0.323. The molecule has 0 amide bonds. The molecule has 3 N–H and O–H groups in total. The molecule has 1 aromatic heterocycles. The third kappa shape index (κ3) is 2.31. The van der Waals surface area contributed by atoms with E-state index >= 15 is 0 Å². The average Bonchev–Trinajstić information content (AvgIpc) is 2.29. The van der Waals surface area contributed by atoms with Gasteiger partial charge in [0.05, 0.1) is 6.61 Å². The number of esters is 1. The lowest BCUT2D eigenvalue weighted by atomic mass is 9.94. The molecule has 82 valence electrons. The number of aromatic nitrogens is 1. The van der Waals surface area contributed by atoms with Gasteiger partial charge in [-0.25, -0.2) is 10.2 Å². The number of carbonyl (C=O) groups is 1. The van der Waals surface area contributed by atoms with Gasteiger partial charge in [-0.15, -0.1) is 0 Å². The molecule has 1 atom stereocenters. The van der Waals surface area contributed by atoms with Crippen LogP contribution < -0.4 is 11.3 Å². The molecule has 0 saturated carbocycles. The number of hydrazine groups is 1. The highest BCUT2D eigenvalue weighted by Crippen LogP contribution is 2.20. The lowest BCUT2D eigenvalue weighted by Crippen LogP contribution is -2.51. The number of carbonyl (C=O) groups excluding carboxylic acids is 1. The lowest BCUT2D eigenvalue weighted by molar-refractivity contribution is -0.151. The highest BCUT2D eigenvalue weighted by atomic mass is 16.5. The molecule has 0 saturated heterocycles. The largest absolute Gasteiger partial charge is 0.464 e. The lowest BCUT2D eigenvalue weighted by Gasteiger charge is -2.26. The number of hydrogen-bond donors (Lipinski definition) is 2. The van der Waals surface area contributed by atoms with Crippen LogP contribution in [0.2, 0.25) is 0 Å². The topological polar surface area (TPSA) is 77.2 Å². The molecule has 0 aliphatic heterocycles. The van der Waals surface area contributed by atoms with Gasteiger partial charge in [0, 0.05) is 18.0 Å². The molecule has 1 unspecified atom stereocenters. The molecule has 5 nitrogen and oxygen atoms in total. The molecule has 1 heterocycles. The van der Waals surface area contributed by atoms with Crippen LogP contribution in [0.1, 0.15) is 19.4 Å². The van der Waals surface area contributed by atoms with Crippen LogP contribution in [0.4, 0.5) is 0 Å². The molecule has 1 aromatic rings. The van der Waals surface area contributed by atoms with E-state index in [2.05, 4.69) is 10.4 Å². The fourth-order valence-electron chi connectivity index (χ4n) is 1.19. The minimum absolute atomic E-state index is 0.316. The number of rotatable bonds is 4. The molecule has 1 rings (SSSR count). The van der Waals surface area contributed by atoms with Gasteiger partial charge in [-0.2, -0.15) is 0 Å². The summed E-state index contributed by atoms with van der Waals surface area (Å²) in [4.78, 5) is 15.6. The van der Waals surface area contributed by atoms with Crippen molar-refractivity contribution in [2.75, 3.05) is 6.61 Å². The first-order chi connectivity index (χ1) is 7.15. The molecule has 5 heteroatoms. The van der Waals surface area contributed by atoms with E-state index in [1.165, 1.54) is 0 Å². The summed E-state index contributed by atoms with van der Waals surface area (Å²) in [6.45, 7) is 3.72. The molecule has 0 spiro atoms.